The first kappa shape index (κ1) is 13.8. The lowest BCUT2D eigenvalue weighted by atomic mass is 10.2. The van der Waals surface area contributed by atoms with Crippen LogP contribution in [0.1, 0.15) is 15.9 Å². The molecule has 20 heavy (non-hydrogen) atoms. The monoisotopic (exact) mass is 278 g/mol. The maximum atomic E-state index is 12.9. The topological polar surface area (TPSA) is 41.5 Å². The van der Waals surface area contributed by atoms with Crippen molar-refractivity contribution in [3.05, 3.63) is 71.0 Å². The number of nitrogens with one attached hydrogen (secondary N) is 1. The second-order valence-electron chi connectivity index (χ2n) is 3.88. The number of halogens is 3. The molecule has 0 spiro atoms. The van der Waals surface area contributed by atoms with Crippen LogP contribution in [0, 0.1) is 17.5 Å². The smallest absolute Gasteiger partial charge is 0.267 e. The zero-order valence-corrected chi connectivity index (χ0v) is 10.1. The number of hydrogen-bond acceptors (Lipinski definition) is 2. The van der Waals surface area contributed by atoms with E-state index in [2.05, 4.69) is 10.5 Å². The van der Waals surface area contributed by atoms with Crippen LogP contribution in [-0.2, 0) is 0 Å². The van der Waals surface area contributed by atoms with Gasteiger partial charge in [0.2, 0.25) is 0 Å². The molecule has 2 aromatic rings. The lowest BCUT2D eigenvalue weighted by Gasteiger charge is -1.99. The van der Waals surface area contributed by atoms with E-state index >= 15 is 0 Å². The number of benzene rings is 2. The van der Waals surface area contributed by atoms with Crippen molar-refractivity contribution in [3.8, 4) is 0 Å². The quantitative estimate of drug-likeness (QED) is 0.680. The summed E-state index contributed by atoms with van der Waals surface area (Å²) < 4.78 is 38.3. The third kappa shape index (κ3) is 3.44. The predicted molar refractivity (Wildman–Crippen MR) is 67.8 cm³/mol. The number of nitrogens with zero attached hydrogens (tertiary/aromatic N) is 1. The van der Waals surface area contributed by atoms with Crippen LogP contribution in [0.4, 0.5) is 13.2 Å². The highest BCUT2D eigenvalue weighted by Gasteiger charge is 2.04. The van der Waals surface area contributed by atoms with Gasteiger partial charge in [-0.05, 0) is 42.0 Å². The molecule has 0 heterocycles. The standard InChI is InChI=1S/C14H9F3N2O/c15-11-4-2-10(3-5-11)14(20)19-18-8-9-1-6-12(16)13(17)7-9/h1-8H,(H,19,20)/b18-8+. The fraction of sp³-hybridized carbons (Fsp3) is 0. The van der Waals surface area contributed by atoms with E-state index in [0.717, 1.165) is 24.3 Å². The largest absolute Gasteiger partial charge is 0.271 e. The normalized spacial score (nSPS) is 10.8. The average molecular weight is 278 g/mol. The van der Waals surface area contributed by atoms with Crippen molar-refractivity contribution in [2.24, 2.45) is 5.10 Å². The molecular formula is C14H9F3N2O. The van der Waals surface area contributed by atoms with Crippen molar-refractivity contribution < 1.29 is 18.0 Å². The van der Waals surface area contributed by atoms with Crippen molar-refractivity contribution in [2.45, 2.75) is 0 Å². The SMILES string of the molecule is O=C(N/N=C/c1ccc(F)c(F)c1)c1ccc(F)cc1. The Kier molecular flexibility index (Phi) is 4.14. The van der Waals surface area contributed by atoms with E-state index in [1.54, 1.807) is 0 Å². The zero-order chi connectivity index (χ0) is 14.5. The summed E-state index contributed by atoms with van der Waals surface area (Å²) in [5.74, 6) is -2.95. The van der Waals surface area contributed by atoms with Crippen molar-refractivity contribution in [1.29, 1.82) is 0 Å². The molecule has 0 aliphatic carbocycles. The van der Waals surface area contributed by atoms with Crippen molar-refractivity contribution >= 4 is 12.1 Å². The van der Waals surface area contributed by atoms with Crippen molar-refractivity contribution in [3.63, 3.8) is 0 Å². The number of carbonyl (C=O) groups excluding carboxylic acids is 1. The molecule has 2 rings (SSSR count). The van der Waals surface area contributed by atoms with Gasteiger partial charge in [0.1, 0.15) is 5.82 Å². The van der Waals surface area contributed by atoms with Gasteiger partial charge in [0.25, 0.3) is 5.91 Å². The summed E-state index contributed by atoms with van der Waals surface area (Å²) in [7, 11) is 0. The molecule has 0 bridgehead atoms. The van der Waals surface area contributed by atoms with Gasteiger partial charge in [0.15, 0.2) is 11.6 Å². The molecule has 0 saturated carbocycles. The number of hydrazone groups is 1. The van der Waals surface area contributed by atoms with Crippen LogP contribution < -0.4 is 5.43 Å². The Labute approximate surface area is 112 Å². The Bertz CT molecular complexity index is 654. The van der Waals surface area contributed by atoms with E-state index in [0.29, 0.717) is 5.56 Å². The molecule has 0 atom stereocenters. The Morgan fingerprint density at radius 1 is 1.00 bits per heavy atom. The van der Waals surface area contributed by atoms with Gasteiger partial charge >= 0.3 is 0 Å². The molecule has 1 N–H and O–H groups in total. The van der Waals surface area contributed by atoms with E-state index in [9.17, 15) is 18.0 Å². The molecule has 0 aliphatic heterocycles. The van der Waals surface area contributed by atoms with Gasteiger partial charge in [-0.2, -0.15) is 5.10 Å². The second-order valence-corrected chi connectivity index (χ2v) is 3.88. The summed E-state index contributed by atoms with van der Waals surface area (Å²) in [5, 5.41) is 3.60. The molecule has 0 saturated heterocycles. The molecular weight excluding hydrogens is 269 g/mol. The van der Waals surface area contributed by atoms with Crippen LogP contribution >= 0.6 is 0 Å². The highest BCUT2D eigenvalue weighted by Crippen LogP contribution is 2.07. The van der Waals surface area contributed by atoms with Gasteiger partial charge in [-0.25, -0.2) is 18.6 Å². The minimum atomic E-state index is -1.00. The van der Waals surface area contributed by atoms with E-state index < -0.39 is 23.4 Å². The van der Waals surface area contributed by atoms with Crippen LogP contribution in [0.25, 0.3) is 0 Å². The number of amides is 1. The molecule has 2 aromatic carbocycles. The van der Waals surface area contributed by atoms with E-state index in [-0.39, 0.29) is 5.56 Å². The molecule has 3 nitrogen and oxygen atoms in total. The summed E-state index contributed by atoms with van der Waals surface area (Å²) >= 11 is 0. The van der Waals surface area contributed by atoms with Crippen LogP contribution in [0.15, 0.2) is 47.6 Å². The molecule has 102 valence electrons. The highest BCUT2D eigenvalue weighted by molar-refractivity contribution is 5.94. The number of rotatable bonds is 3. The highest BCUT2D eigenvalue weighted by atomic mass is 19.2. The summed E-state index contributed by atoms with van der Waals surface area (Å²) in [4.78, 5) is 11.6. The maximum absolute atomic E-state index is 12.9. The minimum absolute atomic E-state index is 0.230. The number of hydrogen-bond donors (Lipinski definition) is 1. The van der Waals surface area contributed by atoms with Gasteiger partial charge < -0.3 is 0 Å². The van der Waals surface area contributed by atoms with Gasteiger partial charge in [-0.3, -0.25) is 4.79 Å². The molecule has 0 fully saturated rings. The van der Waals surface area contributed by atoms with Gasteiger partial charge in [0, 0.05) is 5.56 Å². The predicted octanol–water partition coefficient (Wildman–Crippen LogP) is 2.87. The zero-order valence-electron chi connectivity index (χ0n) is 10.1. The van der Waals surface area contributed by atoms with E-state index in [1.807, 2.05) is 0 Å². The Hall–Kier alpha value is -2.63. The maximum Gasteiger partial charge on any atom is 0.271 e. The van der Waals surface area contributed by atoms with Crippen LogP contribution in [-0.4, -0.2) is 12.1 Å². The summed E-state index contributed by atoms with van der Waals surface area (Å²) in [5.41, 5.74) is 2.72. The molecule has 0 aromatic heterocycles. The first-order chi connectivity index (χ1) is 9.56. The van der Waals surface area contributed by atoms with E-state index in [4.69, 9.17) is 0 Å². The van der Waals surface area contributed by atoms with Gasteiger partial charge in [-0.15, -0.1) is 0 Å². The average Bonchev–Trinajstić information content (AvgIpc) is 2.43. The lowest BCUT2D eigenvalue weighted by molar-refractivity contribution is 0.0955. The lowest BCUT2D eigenvalue weighted by Crippen LogP contribution is -2.17. The molecule has 0 radical (unpaired) electrons. The first-order valence-electron chi connectivity index (χ1n) is 5.60. The van der Waals surface area contributed by atoms with Crippen molar-refractivity contribution in [1.82, 2.24) is 5.43 Å². The number of carbonyl (C=O) groups is 1. The Morgan fingerprint density at radius 2 is 1.70 bits per heavy atom. The second kappa shape index (κ2) is 6.01. The Morgan fingerprint density at radius 3 is 2.35 bits per heavy atom. The van der Waals surface area contributed by atoms with Crippen molar-refractivity contribution in [2.75, 3.05) is 0 Å². The summed E-state index contributed by atoms with van der Waals surface area (Å²) in [6.45, 7) is 0. The Balaban J connectivity index is 2.00. The van der Waals surface area contributed by atoms with Crippen LogP contribution in [0.2, 0.25) is 0 Å². The molecule has 0 unspecified atom stereocenters. The minimum Gasteiger partial charge on any atom is -0.267 e. The van der Waals surface area contributed by atoms with Crippen LogP contribution in [0.3, 0.4) is 0 Å². The summed E-state index contributed by atoms with van der Waals surface area (Å²) in [6.07, 6.45) is 1.17. The fourth-order valence-electron chi connectivity index (χ4n) is 1.42. The van der Waals surface area contributed by atoms with Crippen LogP contribution in [0.5, 0.6) is 0 Å². The first-order valence-corrected chi connectivity index (χ1v) is 5.60. The molecule has 0 aliphatic rings. The summed E-state index contributed by atoms with van der Waals surface area (Å²) in [6, 6.07) is 8.12. The van der Waals surface area contributed by atoms with E-state index in [1.165, 1.54) is 24.4 Å². The third-order valence-corrected chi connectivity index (χ3v) is 2.43. The fourth-order valence-corrected chi connectivity index (χ4v) is 1.42. The third-order valence-electron chi connectivity index (χ3n) is 2.43. The molecule has 6 heteroatoms. The molecule has 1 amide bonds. The van der Waals surface area contributed by atoms with Gasteiger partial charge in [0.05, 0.1) is 6.21 Å². The van der Waals surface area contributed by atoms with Gasteiger partial charge in [-0.1, -0.05) is 6.07 Å².